The first-order valence-electron chi connectivity index (χ1n) is 8.97. The molecule has 0 aliphatic carbocycles. The Hall–Kier alpha value is -2.83. The Balaban J connectivity index is 1.75. The second-order valence-corrected chi connectivity index (χ2v) is 8.88. The van der Waals surface area contributed by atoms with Crippen LogP contribution >= 0.6 is 11.6 Å². The van der Waals surface area contributed by atoms with Gasteiger partial charge in [-0.25, -0.2) is 8.42 Å². The standard InChI is InChI=1S/C22H21ClN2O3S/c1-15-3-11-20(12-4-15)29(27,28)25-21-13-18(8-5-16(21)2)22(26)24-14-17-6-9-19(23)10-7-17/h3-13,25H,14H2,1-2H3,(H,24,26). The van der Waals surface area contributed by atoms with Crippen LogP contribution in [0.15, 0.2) is 71.6 Å². The van der Waals surface area contributed by atoms with E-state index >= 15 is 0 Å². The average molecular weight is 429 g/mol. The molecule has 0 heterocycles. The summed E-state index contributed by atoms with van der Waals surface area (Å²) in [5.41, 5.74) is 3.33. The lowest BCUT2D eigenvalue weighted by atomic mass is 10.1. The second kappa shape index (κ2) is 8.68. The summed E-state index contributed by atoms with van der Waals surface area (Å²) in [6, 6.07) is 18.7. The number of aryl methyl sites for hydroxylation is 2. The number of hydrogen-bond donors (Lipinski definition) is 2. The highest BCUT2D eigenvalue weighted by atomic mass is 35.5. The van der Waals surface area contributed by atoms with Gasteiger partial charge in [-0.05, 0) is 61.4 Å². The van der Waals surface area contributed by atoms with Gasteiger partial charge in [-0.3, -0.25) is 9.52 Å². The van der Waals surface area contributed by atoms with Gasteiger partial charge in [0.15, 0.2) is 0 Å². The fourth-order valence-corrected chi connectivity index (χ4v) is 3.93. The van der Waals surface area contributed by atoms with Crippen molar-refractivity contribution in [1.29, 1.82) is 0 Å². The number of carbonyl (C=O) groups excluding carboxylic acids is 1. The normalized spacial score (nSPS) is 11.1. The zero-order valence-corrected chi connectivity index (χ0v) is 17.6. The highest BCUT2D eigenvalue weighted by Crippen LogP contribution is 2.22. The highest BCUT2D eigenvalue weighted by Gasteiger charge is 2.16. The van der Waals surface area contributed by atoms with Crippen LogP contribution in [0.3, 0.4) is 0 Å². The van der Waals surface area contributed by atoms with Crippen molar-refractivity contribution in [3.05, 3.63) is 94.0 Å². The molecule has 0 saturated carbocycles. The van der Waals surface area contributed by atoms with Gasteiger partial charge >= 0.3 is 0 Å². The Bertz CT molecular complexity index is 1130. The molecule has 0 fully saturated rings. The SMILES string of the molecule is Cc1ccc(S(=O)(=O)Nc2cc(C(=O)NCc3ccc(Cl)cc3)ccc2C)cc1. The van der Waals surface area contributed by atoms with Gasteiger partial charge in [0.05, 0.1) is 10.6 Å². The smallest absolute Gasteiger partial charge is 0.261 e. The molecule has 3 aromatic rings. The molecule has 29 heavy (non-hydrogen) atoms. The summed E-state index contributed by atoms with van der Waals surface area (Å²) in [6.45, 7) is 4.01. The Morgan fingerprint density at radius 1 is 0.931 bits per heavy atom. The van der Waals surface area contributed by atoms with Gasteiger partial charge in [-0.15, -0.1) is 0 Å². The third-order valence-electron chi connectivity index (χ3n) is 4.44. The van der Waals surface area contributed by atoms with E-state index in [9.17, 15) is 13.2 Å². The van der Waals surface area contributed by atoms with Crippen molar-refractivity contribution < 1.29 is 13.2 Å². The molecular formula is C22H21ClN2O3S. The van der Waals surface area contributed by atoms with Crippen molar-refractivity contribution in [2.75, 3.05) is 4.72 Å². The Kier molecular flexibility index (Phi) is 6.25. The van der Waals surface area contributed by atoms with Crippen molar-refractivity contribution >= 4 is 33.2 Å². The van der Waals surface area contributed by atoms with E-state index in [0.29, 0.717) is 22.8 Å². The van der Waals surface area contributed by atoms with Crippen LogP contribution in [0.2, 0.25) is 5.02 Å². The van der Waals surface area contributed by atoms with Gasteiger partial charge in [0.25, 0.3) is 15.9 Å². The van der Waals surface area contributed by atoms with Gasteiger partial charge in [0.2, 0.25) is 0 Å². The summed E-state index contributed by atoms with van der Waals surface area (Å²) in [6.07, 6.45) is 0. The van der Waals surface area contributed by atoms with Crippen molar-refractivity contribution in [3.63, 3.8) is 0 Å². The molecule has 0 radical (unpaired) electrons. The number of benzene rings is 3. The van der Waals surface area contributed by atoms with Gasteiger partial charge in [0.1, 0.15) is 0 Å². The fraction of sp³-hybridized carbons (Fsp3) is 0.136. The van der Waals surface area contributed by atoms with E-state index < -0.39 is 10.0 Å². The maximum Gasteiger partial charge on any atom is 0.261 e. The predicted molar refractivity (Wildman–Crippen MR) is 116 cm³/mol. The maximum atomic E-state index is 12.7. The van der Waals surface area contributed by atoms with Crippen LogP contribution in [0.1, 0.15) is 27.0 Å². The van der Waals surface area contributed by atoms with Crippen LogP contribution in [0.5, 0.6) is 0 Å². The molecule has 1 amide bonds. The first-order valence-corrected chi connectivity index (χ1v) is 10.8. The lowest BCUT2D eigenvalue weighted by Gasteiger charge is -2.13. The molecule has 3 aromatic carbocycles. The van der Waals surface area contributed by atoms with Crippen LogP contribution in [-0.2, 0) is 16.6 Å². The number of sulfonamides is 1. The highest BCUT2D eigenvalue weighted by molar-refractivity contribution is 7.92. The fourth-order valence-electron chi connectivity index (χ4n) is 2.68. The van der Waals surface area contributed by atoms with E-state index in [1.807, 2.05) is 19.1 Å². The lowest BCUT2D eigenvalue weighted by molar-refractivity contribution is 0.0951. The molecule has 0 atom stereocenters. The Morgan fingerprint density at radius 3 is 2.24 bits per heavy atom. The predicted octanol–water partition coefficient (Wildman–Crippen LogP) is 4.69. The molecule has 3 rings (SSSR count). The van der Waals surface area contributed by atoms with E-state index in [1.165, 1.54) is 6.07 Å². The molecule has 0 spiro atoms. The summed E-state index contributed by atoms with van der Waals surface area (Å²) in [5, 5.41) is 3.45. The summed E-state index contributed by atoms with van der Waals surface area (Å²) >= 11 is 5.86. The number of rotatable bonds is 6. The molecule has 7 heteroatoms. The van der Waals surface area contributed by atoms with E-state index in [1.54, 1.807) is 55.5 Å². The molecule has 0 bridgehead atoms. The number of halogens is 1. The molecule has 0 aromatic heterocycles. The minimum Gasteiger partial charge on any atom is -0.348 e. The second-order valence-electron chi connectivity index (χ2n) is 6.76. The van der Waals surface area contributed by atoms with Gasteiger partial charge in [-0.2, -0.15) is 0 Å². The number of carbonyl (C=O) groups is 1. The molecule has 0 unspecified atom stereocenters. The van der Waals surface area contributed by atoms with Crippen molar-refractivity contribution in [1.82, 2.24) is 5.32 Å². The molecule has 0 saturated heterocycles. The molecule has 150 valence electrons. The Morgan fingerprint density at radius 2 is 1.59 bits per heavy atom. The van der Waals surface area contributed by atoms with E-state index in [0.717, 1.165) is 16.7 Å². The van der Waals surface area contributed by atoms with E-state index in [-0.39, 0.29) is 10.8 Å². The van der Waals surface area contributed by atoms with Crippen molar-refractivity contribution in [2.24, 2.45) is 0 Å². The number of nitrogens with one attached hydrogen (secondary N) is 2. The van der Waals surface area contributed by atoms with Crippen LogP contribution in [0, 0.1) is 13.8 Å². The molecule has 2 N–H and O–H groups in total. The van der Waals surface area contributed by atoms with Crippen LogP contribution < -0.4 is 10.0 Å². The Labute approximate surface area is 175 Å². The summed E-state index contributed by atoms with van der Waals surface area (Å²) in [4.78, 5) is 12.7. The topological polar surface area (TPSA) is 75.3 Å². The quantitative estimate of drug-likeness (QED) is 0.598. The third kappa shape index (κ3) is 5.37. The van der Waals surface area contributed by atoms with Crippen LogP contribution in [0.4, 0.5) is 5.69 Å². The maximum absolute atomic E-state index is 12.7. The third-order valence-corrected chi connectivity index (χ3v) is 6.08. The van der Waals surface area contributed by atoms with Crippen molar-refractivity contribution in [3.8, 4) is 0 Å². The minimum atomic E-state index is -3.75. The summed E-state index contributed by atoms with van der Waals surface area (Å²) < 4.78 is 27.9. The van der Waals surface area contributed by atoms with Gasteiger partial charge in [-0.1, -0.05) is 47.5 Å². The number of amides is 1. The van der Waals surface area contributed by atoms with Gasteiger partial charge in [0, 0.05) is 17.1 Å². The molecule has 0 aliphatic heterocycles. The van der Waals surface area contributed by atoms with Crippen molar-refractivity contribution in [2.45, 2.75) is 25.3 Å². The monoisotopic (exact) mass is 428 g/mol. The molecular weight excluding hydrogens is 408 g/mol. The van der Waals surface area contributed by atoms with E-state index in [4.69, 9.17) is 11.6 Å². The van der Waals surface area contributed by atoms with Crippen LogP contribution in [-0.4, -0.2) is 14.3 Å². The largest absolute Gasteiger partial charge is 0.348 e. The zero-order chi connectivity index (χ0) is 21.0. The molecule has 0 aliphatic rings. The average Bonchev–Trinajstić information content (AvgIpc) is 2.69. The minimum absolute atomic E-state index is 0.167. The van der Waals surface area contributed by atoms with Crippen LogP contribution in [0.25, 0.3) is 0 Å². The van der Waals surface area contributed by atoms with E-state index in [2.05, 4.69) is 10.0 Å². The number of hydrogen-bond acceptors (Lipinski definition) is 3. The molecule has 5 nitrogen and oxygen atoms in total. The van der Waals surface area contributed by atoms with Gasteiger partial charge < -0.3 is 5.32 Å². The lowest BCUT2D eigenvalue weighted by Crippen LogP contribution is -2.23. The first-order chi connectivity index (χ1) is 13.7. The summed E-state index contributed by atoms with van der Waals surface area (Å²) in [5.74, 6) is -0.296. The zero-order valence-electron chi connectivity index (χ0n) is 16.1. The summed E-state index contributed by atoms with van der Waals surface area (Å²) in [7, 11) is -3.75. The first kappa shape index (κ1) is 20.9. The number of anilines is 1.